The predicted molar refractivity (Wildman–Crippen MR) is 379 cm³/mol. The molecular weight excluding hydrogens is 1190 g/mol. The van der Waals surface area contributed by atoms with E-state index in [0.29, 0.717) is 65.1 Å². The Balaban J connectivity index is 0.000000195. The van der Waals surface area contributed by atoms with E-state index < -0.39 is 17.7 Å². The molecule has 4 saturated heterocycles. The lowest BCUT2D eigenvalue weighted by molar-refractivity contribution is -0.133. The van der Waals surface area contributed by atoms with Crippen LogP contribution in [-0.4, -0.2) is 142 Å². The molecule has 4 atom stereocenters. The summed E-state index contributed by atoms with van der Waals surface area (Å²) < 4.78 is 10.3. The molecule has 4 fully saturated rings. The van der Waals surface area contributed by atoms with Crippen molar-refractivity contribution in [3.8, 4) is 0 Å². The number of hydrogen-bond acceptors (Lipinski definition) is 11. The van der Waals surface area contributed by atoms with Crippen molar-refractivity contribution >= 4 is 74.5 Å². The third-order valence-electron chi connectivity index (χ3n) is 18.9. The molecule has 3 N–H and O–H groups in total. The van der Waals surface area contributed by atoms with E-state index in [1.54, 1.807) is 0 Å². The van der Waals surface area contributed by atoms with Gasteiger partial charge in [-0.3, -0.25) is 19.2 Å². The molecule has 95 heavy (non-hydrogen) atoms. The second-order valence-electron chi connectivity index (χ2n) is 27.1. The van der Waals surface area contributed by atoms with Crippen LogP contribution in [0.1, 0.15) is 133 Å². The molecular formula is C77H96N12O6. The van der Waals surface area contributed by atoms with Crippen LogP contribution in [0.3, 0.4) is 0 Å². The highest BCUT2D eigenvalue weighted by atomic mass is 16.6. The average molecular weight is 1290 g/mol. The summed E-state index contributed by atoms with van der Waals surface area (Å²) in [5.41, 5.74) is 16.2. The number of benzene rings is 6. The molecule has 18 heteroatoms. The van der Waals surface area contributed by atoms with Gasteiger partial charge in [0.05, 0.1) is 35.2 Å². The average Bonchev–Trinajstić information content (AvgIpc) is 1.68. The molecule has 0 aliphatic carbocycles. The van der Waals surface area contributed by atoms with Crippen LogP contribution in [0.25, 0.3) is 22.1 Å². The van der Waals surface area contributed by atoms with Crippen molar-refractivity contribution in [3.05, 3.63) is 181 Å². The van der Waals surface area contributed by atoms with E-state index in [-0.39, 0.29) is 47.9 Å². The Bertz CT molecular complexity index is 3870. The number of ether oxygens (including phenoxy) is 1. The molecule has 18 nitrogen and oxygen atoms in total. The van der Waals surface area contributed by atoms with E-state index in [4.69, 9.17) is 20.4 Å². The number of imidazole rings is 2. The molecule has 8 aromatic rings. The zero-order valence-corrected chi connectivity index (χ0v) is 56.3. The van der Waals surface area contributed by atoms with E-state index in [1.165, 1.54) is 5.52 Å². The van der Waals surface area contributed by atoms with E-state index >= 15 is 0 Å². The molecule has 0 unspecified atom stereocenters. The van der Waals surface area contributed by atoms with Gasteiger partial charge < -0.3 is 54.3 Å². The van der Waals surface area contributed by atoms with Gasteiger partial charge in [-0.05, 0) is 156 Å². The van der Waals surface area contributed by atoms with Crippen molar-refractivity contribution in [1.29, 1.82) is 0 Å². The van der Waals surface area contributed by atoms with Gasteiger partial charge in [0.2, 0.25) is 23.6 Å². The molecule has 6 aromatic carbocycles. The van der Waals surface area contributed by atoms with Crippen LogP contribution in [-0.2, 0) is 49.8 Å². The standard InChI is InChI=1S/C41H52N6O4.C36H44N6O2/c1-5-6-23-47-36-17-11-10-16-35(36)43-39(47)31-13-12-22-45(28-31)37(48)27-32(42-40(50)51-41(2,3)4)26-30-18-20-33(21-19-30)44-24-25-46(38(49)29-44)34-14-8-7-9-15-34;1-2-3-20-42-33-14-8-7-13-32(33)38-36(42)28-10-9-19-40(25-28)34(43)24-29(37)23-27-15-17-30(18-16-27)39-21-22-41(35(44)26-39)31-11-5-4-6-12-31/h7-11,14-21,31-32H,5-6,12-13,22-29H2,1-4H3,(H,42,50);4-8,11-18,28-29H,2-3,9-10,19-26,37H2,1H3/t31-,32-;28-,29-/m11/s1. The monoisotopic (exact) mass is 1280 g/mol. The Morgan fingerprint density at radius 1 is 0.537 bits per heavy atom. The largest absolute Gasteiger partial charge is 0.444 e. The highest BCUT2D eigenvalue weighted by Crippen LogP contribution is 2.33. The minimum atomic E-state index is -0.661. The summed E-state index contributed by atoms with van der Waals surface area (Å²) in [6, 6.07) is 51.9. The maximum Gasteiger partial charge on any atom is 0.407 e. The van der Waals surface area contributed by atoms with E-state index in [2.05, 4.69) is 98.8 Å². The topological polar surface area (TPSA) is 188 Å². The number of rotatable bonds is 21. The van der Waals surface area contributed by atoms with Gasteiger partial charge in [0, 0.05) is 125 Å². The van der Waals surface area contributed by atoms with Gasteiger partial charge in [-0.1, -0.05) is 112 Å². The quantitative estimate of drug-likeness (QED) is 0.0697. The van der Waals surface area contributed by atoms with Crippen LogP contribution in [0.15, 0.2) is 158 Å². The fourth-order valence-corrected chi connectivity index (χ4v) is 14.0. The van der Waals surface area contributed by atoms with Crippen molar-refractivity contribution in [2.24, 2.45) is 5.73 Å². The Labute approximate surface area is 560 Å². The van der Waals surface area contributed by atoms with Gasteiger partial charge in [-0.25, -0.2) is 14.8 Å². The van der Waals surface area contributed by atoms with Gasteiger partial charge in [0.1, 0.15) is 17.2 Å². The second-order valence-corrected chi connectivity index (χ2v) is 27.1. The van der Waals surface area contributed by atoms with Gasteiger partial charge in [0.15, 0.2) is 0 Å². The van der Waals surface area contributed by atoms with Crippen molar-refractivity contribution in [3.63, 3.8) is 0 Å². The highest BCUT2D eigenvalue weighted by Gasteiger charge is 2.34. The highest BCUT2D eigenvalue weighted by molar-refractivity contribution is 5.98. The normalized spacial score (nSPS) is 17.8. The Kier molecular flexibility index (Phi) is 22.3. The molecule has 4 aliphatic rings. The predicted octanol–water partition coefficient (Wildman–Crippen LogP) is 12.3. The van der Waals surface area contributed by atoms with Crippen LogP contribution in [0, 0.1) is 0 Å². The number of hydrogen-bond donors (Lipinski definition) is 2. The molecule has 4 aliphatic heterocycles. The summed E-state index contributed by atoms with van der Waals surface area (Å²) in [6.07, 6.45) is 9.39. The summed E-state index contributed by atoms with van der Waals surface area (Å²) in [5.74, 6) is 2.88. The molecule has 500 valence electrons. The van der Waals surface area contributed by atoms with E-state index in [1.807, 2.05) is 137 Å². The molecule has 0 radical (unpaired) electrons. The molecule has 6 heterocycles. The smallest absolute Gasteiger partial charge is 0.407 e. The van der Waals surface area contributed by atoms with Gasteiger partial charge in [-0.2, -0.15) is 0 Å². The Hall–Kier alpha value is -9.03. The number of piperidine rings is 2. The molecule has 12 rings (SSSR count). The fraction of sp³-hybridized carbons (Fsp3) is 0.442. The number of nitrogens with one attached hydrogen (secondary N) is 1. The summed E-state index contributed by atoms with van der Waals surface area (Å²) >= 11 is 0. The number of nitrogens with two attached hydrogens (primary N) is 1. The van der Waals surface area contributed by atoms with Crippen molar-refractivity contribution in [2.75, 3.05) is 85.0 Å². The number of carbonyl (C=O) groups is 5. The van der Waals surface area contributed by atoms with Crippen LogP contribution < -0.4 is 30.7 Å². The molecule has 5 amide bonds. The zero-order chi connectivity index (χ0) is 66.4. The lowest BCUT2D eigenvalue weighted by Gasteiger charge is -2.35. The van der Waals surface area contributed by atoms with Gasteiger partial charge in [0.25, 0.3) is 0 Å². The number of amides is 5. The first-order valence-electron chi connectivity index (χ1n) is 34.7. The minimum absolute atomic E-state index is 0.0170. The SMILES string of the molecule is CCCCn1c([C@@H]2CCCN(C(=O)C[C@@H](Cc3ccc(N4CCN(c5ccccc5)C(=O)C4)cc3)NC(=O)OC(C)(C)C)C2)nc2ccccc21.CCCCn1c([C@@H]2CCCN(C(=O)C[C@H](N)Cc3ccc(N4CCN(c5ccccc5)C(=O)C4)cc3)C2)nc2ccccc21. The lowest BCUT2D eigenvalue weighted by Crippen LogP contribution is -2.50. The van der Waals surface area contributed by atoms with Crippen LogP contribution in [0.4, 0.5) is 27.5 Å². The number of nitrogens with zero attached hydrogens (tertiary/aromatic N) is 10. The van der Waals surface area contributed by atoms with Crippen LogP contribution >= 0.6 is 0 Å². The number of alkyl carbamates (subject to hydrolysis) is 1. The number of fused-ring (bicyclic) bond motifs is 2. The number of aromatic nitrogens is 4. The first kappa shape index (κ1) is 67.4. The molecule has 2 aromatic heterocycles. The van der Waals surface area contributed by atoms with Crippen molar-refractivity contribution < 1.29 is 28.7 Å². The van der Waals surface area contributed by atoms with Crippen LogP contribution in [0.5, 0.6) is 0 Å². The number of carbonyl (C=O) groups excluding carboxylic acids is 5. The third-order valence-corrected chi connectivity index (χ3v) is 18.9. The lowest BCUT2D eigenvalue weighted by atomic mass is 9.95. The van der Waals surface area contributed by atoms with Gasteiger partial charge >= 0.3 is 6.09 Å². The fourth-order valence-electron chi connectivity index (χ4n) is 14.0. The van der Waals surface area contributed by atoms with Crippen molar-refractivity contribution in [2.45, 2.75) is 154 Å². The van der Waals surface area contributed by atoms with Gasteiger partial charge in [-0.15, -0.1) is 0 Å². The van der Waals surface area contributed by atoms with Crippen LogP contribution in [0.2, 0.25) is 0 Å². The minimum Gasteiger partial charge on any atom is -0.444 e. The van der Waals surface area contributed by atoms with E-state index in [9.17, 15) is 24.0 Å². The maximum absolute atomic E-state index is 14.0. The van der Waals surface area contributed by atoms with E-state index in [0.717, 1.165) is 146 Å². The summed E-state index contributed by atoms with van der Waals surface area (Å²) in [4.78, 5) is 88.2. The number of likely N-dealkylation sites (tertiary alicyclic amines) is 2. The number of anilines is 4. The number of para-hydroxylation sites is 6. The van der Waals surface area contributed by atoms with Crippen molar-refractivity contribution in [1.82, 2.24) is 34.2 Å². The third kappa shape index (κ3) is 17.3. The molecule has 0 saturated carbocycles. The zero-order valence-electron chi connectivity index (χ0n) is 56.3. The molecule has 0 bridgehead atoms. The second kappa shape index (κ2) is 31.5. The number of aryl methyl sites for hydroxylation is 2. The number of piperazine rings is 2. The molecule has 0 spiro atoms. The summed E-state index contributed by atoms with van der Waals surface area (Å²) in [5, 5.41) is 3.00. The number of unbranched alkanes of at least 4 members (excludes halogenated alkanes) is 2. The first-order chi connectivity index (χ1) is 46.1. The Morgan fingerprint density at radius 2 is 0.968 bits per heavy atom. The summed E-state index contributed by atoms with van der Waals surface area (Å²) in [7, 11) is 0. The first-order valence-corrected chi connectivity index (χ1v) is 34.7. The maximum atomic E-state index is 14.0. The Morgan fingerprint density at radius 3 is 1.41 bits per heavy atom. The summed E-state index contributed by atoms with van der Waals surface area (Å²) in [6.45, 7) is 18.0.